The molecule has 1 N–H and O–H groups in total. The Balaban J connectivity index is 1.77. The Morgan fingerprint density at radius 3 is 2.38 bits per heavy atom. The highest BCUT2D eigenvalue weighted by Crippen LogP contribution is 2.25. The van der Waals surface area contributed by atoms with E-state index in [-0.39, 0.29) is 12.3 Å². The molecule has 0 aromatic heterocycles. The van der Waals surface area contributed by atoms with Crippen LogP contribution in [-0.2, 0) is 14.3 Å². The summed E-state index contributed by atoms with van der Waals surface area (Å²) in [6, 6.07) is 12.5. The smallest absolute Gasteiger partial charge is 0.344 e. The van der Waals surface area contributed by atoms with E-state index in [4.69, 9.17) is 14.2 Å². The average molecular weight is 333 g/mol. The lowest BCUT2D eigenvalue weighted by atomic mass is 10.3. The fourth-order valence-corrected chi connectivity index (χ4v) is 1.81. The van der Waals surface area contributed by atoms with Crippen LogP contribution in [0.4, 0.5) is 10.1 Å². The zero-order valence-corrected chi connectivity index (χ0v) is 13.0. The molecule has 24 heavy (non-hydrogen) atoms. The van der Waals surface area contributed by atoms with E-state index < -0.39 is 24.3 Å². The van der Waals surface area contributed by atoms with Crippen LogP contribution in [0.5, 0.6) is 11.5 Å². The fourth-order valence-electron chi connectivity index (χ4n) is 1.81. The van der Waals surface area contributed by atoms with Crippen LogP contribution in [0.25, 0.3) is 0 Å². The molecular formula is C17H16FNO5. The van der Waals surface area contributed by atoms with Gasteiger partial charge in [0.1, 0.15) is 5.82 Å². The molecular weight excluding hydrogens is 317 g/mol. The van der Waals surface area contributed by atoms with Crippen molar-refractivity contribution in [1.29, 1.82) is 0 Å². The summed E-state index contributed by atoms with van der Waals surface area (Å²) in [5, 5.41) is 2.31. The number of carbonyl (C=O) groups is 2. The molecule has 0 bridgehead atoms. The van der Waals surface area contributed by atoms with Crippen molar-refractivity contribution in [3.8, 4) is 11.5 Å². The number of carbonyl (C=O) groups excluding carboxylic acids is 2. The summed E-state index contributed by atoms with van der Waals surface area (Å²) >= 11 is 0. The van der Waals surface area contributed by atoms with Crippen molar-refractivity contribution in [2.45, 2.75) is 0 Å². The second-order valence-corrected chi connectivity index (χ2v) is 4.63. The van der Waals surface area contributed by atoms with E-state index in [1.807, 2.05) is 0 Å². The molecule has 0 aliphatic heterocycles. The van der Waals surface area contributed by atoms with E-state index >= 15 is 0 Å². The quantitative estimate of drug-likeness (QED) is 0.788. The van der Waals surface area contributed by atoms with Gasteiger partial charge in [0.25, 0.3) is 5.91 Å². The second kappa shape index (κ2) is 8.52. The van der Waals surface area contributed by atoms with E-state index in [9.17, 15) is 14.0 Å². The predicted octanol–water partition coefficient (Wildman–Crippen LogP) is 2.40. The largest absolute Gasteiger partial charge is 0.493 e. The molecule has 126 valence electrons. The lowest BCUT2D eigenvalue weighted by Gasteiger charge is -2.10. The van der Waals surface area contributed by atoms with Crippen molar-refractivity contribution in [2.24, 2.45) is 0 Å². The van der Waals surface area contributed by atoms with Gasteiger partial charge in [-0.25, -0.2) is 9.18 Å². The van der Waals surface area contributed by atoms with Gasteiger partial charge in [-0.2, -0.15) is 0 Å². The van der Waals surface area contributed by atoms with Crippen LogP contribution in [0.1, 0.15) is 0 Å². The van der Waals surface area contributed by atoms with Crippen molar-refractivity contribution >= 4 is 17.6 Å². The van der Waals surface area contributed by atoms with Crippen LogP contribution in [0, 0.1) is 5.82 Å². The van der Waals surface area contributed by atoms with Crippen molar-refractivity contribution in [1.82, 2.24) is 0 Å². The monoisotopic (exact) mass is 333 g/mol. The van der Waals surface area contributed by atoms with Gasteiger partial charge in [0.2, 0.25) is 0 Å². The first kappa shape index (κ1) is 17.3. The number of amides is 1. The maximum Gasteiger partial charge on any atom is 0.344 e. The Kier molecular flexibility index (Phi) is 6.13. The average Bonchev–Trinajstić information content (AvgIpc) is 2.60. The number of hydrogen-bond donors (Lipinski definition) is 1. The Labute approximate surface area is 138 Å². The van der Waals surface area contributed by atoms with E-state index in [1.54, 1.807) is 30.3 Å². The van der Waals surface area contributed by atoms with E-state index in [1.165, 1.54) is 25.3 Å². The summed E-state index contributed by atoms with van der Waals surface area (Å²) in [5.74, 6) is -1.10. The molecule has 0 spiro atoms. The molecule has 0 saturated carbocycles. The Hall–Kier alpha value is -3.09. The topological polar surface area (TPSA) is 73.9 Å². The van der Waals surface area contributed by atoms with E-state index in [0.717, 1.165) is 0 Å². The number of nitrogens with one attached hydrogen (secondary N) is 1. The van der Waals surface area contributed by atoms with Crippen LogP contribution in [0.2, 0.25) is 0 Å². The molecule has 2 aromatic carbocycles. The van der Waals surface area contributed by atoms with Gasteiger partial charge >= 0.3 is 5.97 Å². The molecule has 1 amide bonds. The Morgan fingerprint density at radius 2 is 1.67 bits per heavy atom. The molecule has 2 rings (SSSR count). The molecule has 0 heterocycles. The number of halogens is 1. The van der Waals surface area contributed by atoms with Crippen molar-refractivity contribution in [3.63, 3.8) is 0 Å². The van der Waals surface area contributed by atoms with E-state index in [0.29, 0.717) is 11.5 Å². The van der Waals surface area contributed by atoms with Gasteiger partial charge in [-0.15, -0.1) is 0 Å². The SMILES string of the molecule is COc1ccccc1OCC(=O)OCC(=O)Nc1ccccc1F. The highest BCUT2D eigenvalue weighted by Gasteiger charge is 2.11. The second-order valence-electron chi connectivity index (χ2n) is 4.63. The van der Waals surface area contributed by atoms with Gasteiger partial charge in [0.05, 0.1) is 12.8 Å². The molecule has 0 atom stereocenters. The molecule has 2 aromatic rings. The van der Waals surface area contributed by atoms with Gasteiger partial charge in [-0.3, -0.25) is 4.79 Å². The minimum atomic E-state index is -0.732. The van der Waals surface area contributed by atoms with Crippen molar-refractivity contribution in [3.05, 3.63) is 54.3 Å². The van der Waals surface area contributed by atoms with Crippen LogP contribution < -0.4 is 14.8 Å². The molecule has 6 nitrogen and oxygen atoms in total. The van der Waals surface area contributed by atoms with Crippen LogP contribution in [0.3, 0.4) is 0 Å². The number of benzene rings is 2. The molecule has 0 saturated heterocycles. The minimum absolute atomic E-state index is 0.0174. The number of rotatable bonds is 7. The zero-order valence-electron chi connectivity index (χ0n) is 13.0. The number of para-hydroxylation sites is 3. The number of ether oxygens (including phenoxy) is 3. The van der Waals surface area contributed by atoms with E-state index in [2.05, 4.69) is 5.32 Å². The van der Waals surface area contributed by atoms with Gasteiger partial charge in [-0.1, -0.05) is 24.3 Å². The molecule has 0 aliphatic carbocycles. The highest BCUT2D eigenvalue weighted by molar-refractivity contribution is 5.92. The maximum absolute atomic E-state index is 13.4. The van der Waals surface area contributed by atoms with Gasteiger partial charge in [0.15, 0.2) is 24.7 Å². The fraction of sp³-hybridized carbons (Fsp3) is 0.176. The van der Waals surface area contributed by atoms with Gasteiger partial charge < -0.3 is 19.5 Å². The maximum atomic E-state index is 13.4. The summed E-state index contributed by atoms with van der Waals surface area (Å²) in [6.45, 7) is -0.921. The first-order valence-corrected chi connectivity index (χ1v) is 7.06. The van der Waals surface area contributed by atoms with Crippen LogP contribution in [0.15, 0.2) is 48.5 Å². The zero-order chi connectivity index (χ0) is 17.4. The van der Waals surface area contributed by atoms with Crippen molar-refractivity contribution in [2.75, 3.05) is 25.6 Å². The summed E-state index contributed by atoms with van der Waals surface area (Å²) < 4.78 is 28.5. The van der Waals surface area contributed by atoms with Gasteiger partial charge in [-0.05, 0) is 24.3 Å². The molecule has 0 aliphatic rings. The summed E-state index contributed by atoms with van der Waals surface area (Å²) in [6.07, 6.45) is 0. The molecule has 0 fully saturated rings. The van der Waals surface area contributed by atoms with Crippen LogP contribution in [-0.4, -0.2) is 32.2 Å². The van der Waals surface area contributed by atoms with Crippen LogP contribution >= 0.6 is 0 Å². The summed E-state index contributed by atoms with van der Waals surface area (Å²) in [7, 11) is 1.48. The third-order valence-electron chi connectivity index (χ3n) is 2.93. The third-order valence-corrected chi connectivity index (χ3v) is 2.93. The Bertz CT molecular complexity index is 720. The van der Waals surface area contributed by atoms with Gasteiger partial charge in [0, 0.05) is 0 Å². The number of methoxy groups -OCH3 is 1. The van der Waals surface area contributed by atoms with Crippen molar-refractivity contribution < 1.29 is 28.2 Å². The number of esters is 1. The standard InChI is InChI=1S/C17H16FNO5/c1-22-14-8-4-5-9-15(14)23-11-17(21)24-10-16(20)19-13-7-3-2-6-12(13)18/h2-9H,10-11H2,1H3,(H,19,20). The Morgan fingerprint density at radius 1 is 1.00 bits per heavy atom. The summed E-state index contributed by atoms with van der Waals surface area (Å²) in [5.41, 5.74) is 0.0174. The summed E-state index contributed by atoms with van der Waals surface area (Å²) in [4.78, 5) is 23.2. The first-order chi connectivity index (χ1) is 11.6. The lowest BCUT2D eigenvalue weighted by molar-refractivity contribution is -0.149. The minimum Gasteiger partial charge on any atom is -0.493 e. The number of hydrogen-bond acceptors (Lipinski definition) is 5. The predicted molar refractivity (Wildman–Crippen MR) is 84.5 cm³/mol. The third kappa shape index (κ3) is 4.98. The molecule has 0 unspecified atom stereocenters. The molecule has 0 radical (unpaired) electrons. The molecule has 7 heteroatoms. The number of anilines is 1. The highest BCUT2D eigenvalue weighted by atomic mass is 19.1. The normalized spacial score (nSPS) is 9.92. The first-order valence-electron chi connectivity index (χ1n) is 7.06. The lowest BCUT2D eigenvalue weighted by Crippen LogP contribution is -2.24.